The van der Waals surface area contributed by atoms with Gasteiger partial charge in [-0.25, -0.2) is 0 Å². The minimum absolute atomic E-state index is 0.0661. The van der Waals surface area contributed by atoms with Crippen LogP contribution in [0.3, 0.4) is 0 Å². The van der Waals surface area contributed by atoms with Crippen molar-refractivity contribution < 1.29 is 14.3 Å². The van der Waals surface area contributed by atoms with Gasteiger partial charge in [0.05, 0.1) is 17.5 Å². The molecule has 1 heterocycles. The molecule has 3 nitrogen and oxygen atoms in total. The standard InChI is InChI=1S/C12H12Cl2O3/c1-3-4-6-12(15)9-7(17-6)5-8(16-2)10(13)11(9)14/h5,15H,3-4H2,1-2H3. The molecule has 0 bridgehead atoms. The van der Waals surface area contributed by atoms with Crippen molar-refractivity contribution in [2.24, 2.45) is 0 Å². The third kappa shape index (κ3) is 1.94. The van der Waals surface area contributed by atoms with E-state index in [4.69, 9.17) is 32.4 Å². The van der Waals surface area contributed by atoms with E-state index in [0.717, 1.165) is 6.42 Å². The molecule has 17 heavy (non-hydrogen) atoms. The van der Waals surface area contributed by atoms with Crippen molar-refractivity contribution in [1.29, 1.82) is 0 Å². The Bertz CT molecular complexity index is 561. The van der Waals surface area contributed by atoms with E-state index in [0.29, 0.717) is 28.9 Å². The van der Waals surface area contributed by atoms with E-state index in [2.05, 4.69) is 0 Å². The van der Waals surface area contributed by atoms with Crippen molar-refractivity contribution in [3.63, 3.8) is 0 Å². The number of rotatable bonds is 3. The van der Waals surface area contributed by atoms with Gasteiger partial charge < -0.3 is 14.3 Å². The molecule has 0 unspecified atom stereocenters. The molecule has 0 radical (unpaired) electrons. The highest BCUT2D eigenvalue weighted by atomic mass is 35.5. The summed E-state index contributed by atoms with van der Waals surface area (Å²) in [7, 11) is 1.50. The Morgan fingerprint density at radius 2 is 2.06 bits per heavy atom. The Morgan fingerprint density at radius 1 is 1.35 bits per heavy atom. The van der Waals surface area contributed by atoms with Crippen LogP contribution in [0.2, 0.25) is 10.0 Å². The van der Waals surface area contributed by atoms with Gasteiger partial charge in [-0.05, 0) is 6.42 Å². The molecule has 0 saturated carbocycles. The van der Waals surface area contributed by atoms with Gasteiger partial charge in [0, 0.05) is 12.5 Å². The van der Waals surface area contributed by atoms with E-state index < -0.39 is 0 Å². The maximum Gasteiger partial charge on any atom is 0.166 e. The molecule has 2 rings (SSSR count). The molecule has 0 spiro atoms. The number of hydrogen-bond acceptors (Lipinski definition) is 3. The smallest absolute Gasteiger partial charge is 0.166 e. The fourth-order valence-corrected chi connectivity index (χ4v) is 2.25. The number of methoxy groups -OCH3 is 1. The number of aryl methyl sites for hydroxylation is 1. The number of aromatic hydroxyl groups is 1. The molecule has 0 fully saturated rings. The molecule has 0 aliphatic rings. The molecule has 2 aromatic rings. The molecule has 1 N–H and O–H groups in total. The maximum atomic E-state index is 10.0. The van der Waals surface area contributed by atoms with Gasteiger partial charge in [0.15, 0.2) is 5.75 Å². The quantitative estimate of drug-likeness (QED) is 0.902. The van der Waals surface area contributed by atoms with Gasteiger partial charge in [-0.2, -0.15) is 0 Å². The predicted molar refractivity (Wildman–Crippen MR) is 68.4 cm³/mol. The summed E-state index contributed by atoms with van der Waals surface area (Å²) in [6, 6.07) is 1.63. The Hall–Kier alpha value is -1.06. The molecule has 1 aromatic heterocycles. The fourth-order valence-electron chi connectivity index (χ4n) is 1.75. The van der Waals surface area contributed by atoms with Crippen LogP contribution >= 0.6 is 23.2 Å². The lowest BCUT2D eigenvalue weighted by atomic mass is 10.2. The minimum Gasteiger partial charge on any atom is -0.504 e. The SMILES string of the molecule is CCCc1oc2cc(OC)c(Cl)c(Cl)c2c1O. The zero-order valence-corrected chi connectivity index (χ0v) is 11.0. The molecule has 1 aromatic carbocycles. The lowest BCUT2D eigenvalue weighted by Gasteiger charge is -2.04. The summed E-state index contributed by atoms with van der Waals surface area (Å²) >= 11 is 12.1. The average molecular weight is 275 g/mol. The second-order valence-electron chi connectivity index (χ2n) is 3.70. The molecule has 0 aliphatic heterocycles. The first-order valence-corrected chi connectivity index (χ1v) is 6.02. The van der Waals surface area contributed by atoms with Crippen LogP contribution in [0.4, 0.5) is 0 Å². The topological polar surface area (TPSA) is 42.6 Å². The van der Waals surface area contributed by atoms with Crippen LogP contribution in [-0.4, -0.2) is 12.2 Å². The summed E-state index contributed by atoms with van der Waals surface area (Å²) in [4.78, 5) is 0. The van der Waals surface area contributed by atoms with Crippen molar-refractivity contribution >= 4 is 34.2 Å². The molecule has 92 valence electrons. The van der Waals surface area contributed by atoms with E-state index in [-0.39, 0.29) is 15.8 Å². The van der Waals surface area contributed by atoms with Crippen LogP contribution in [0.1, 0.15) is 19.1 Å². The van der Waals surface area contributed by atoms with Crippen molar-refractivity contribution in [3.05, 3.63) is 21.9 Å². The molecule has 0 saturated heterocycles. The van der Waals surface area contributed by atoms with Gasteiger partial charge in [-0.1, -0.05) is 30.1 Å². The highest BCUT2D eigenvalue weighted by Gasteiger charge is 2.20. The van der Waals surface area contributed by atoms with Gasteiger partial charge in [0.25, 0.3) is 0 Å². The van der Waals surface area contributed by atoms with Crippen LogP contribution < -0.4 is 4.74 Å². The molecule has 0 aliphatic carbocycles. The number of furan rings is 1. The van der Waals surface area contributed by atoms with E-state index in [9.17, 15) is 5.11 Å². The summed E-state index contributed by atoms with van der Waals surface area (Å²) in [6.07, 6.45) is 1.52. The second-order valence-corrected chi connectivity index (χ2v) is 4.46. The molecular formula is C12H12Cl2O3. The Morgan fingerprint density at radius 3 is 2.65 bits per heavy atom. The largest absolute Gasteiger partial charge is 0.504 e. The molecule has 0 amide bonds. The first kappa shape index (κ1) is 12.4. The average Bonchev–Trinajstić information content (AvgIpc) is 2.62. The fraction of sp³-hybridized carbons (Fsp3) is 0.333. The Kier molecular flexibility index (Phi) is 3.40. The van der Waals surface area contributed by atoms with Crippen LogP contribution in [-0.2, 0) is 6.42 Å². The van der Waals surface area contributed by atoms with E-state index in [1.54, 1.807) is 6.07 Å². The highest BCUT2D eigenvalue weighted by molar-refractivity contribution is 6.46. The van der Waals surface area contributed by atoms with Gasteiger partial charge >= 0.3 is 0 Å². The third-order valence-corrected chi connectivity index (χ3v) is 3.42. The number of benzene rings is 1. The minimum atomic E-state index is 0.0661. The van der Waals surface area contributed by atoms with E-state index in [1.165, 1.54) is 7.11 Å². The molecule has 0 atom stereocenters. The van der Waals surface area contributed by atoms with Gasteiger partial charge in [0.2, 0.25) is 0 Å². The number of hydrogen-bond donors (Lipinski definition) is 1. The molecular weight excluding hydrogens is 263 g/mol. The monoisotopic (exact) mass is 274 g/mol. The van der Waals surface area contributed by atoms with Crippen molar-refractivity contribution in [1.82, 2.24) is 0 Å². The van der Waals surface area contributed by atoms with E-state index >= 15 is 0 Å². The normalized spacial score (nSPS) is 11.1. The Balaban J connectivity index is 2.74. The third-order valence-electron chi connectivity index (χ3n) is 2.57. The summed E-state index contributed by atoms with van der Waals surface area (Å²) in [6.45, 7) is 2.00. The molecule has 5 heteroatoms. The van der Waals surface area contributed by atoms with Gasteiger partial charge in [0.1, 0.15) is 22.1 Å². The summed E-state index contributed by atoms with van der Waals surface area (Å²) in [5.41, 5.74) is 0.484. The second kappa shape index (κ2) is 4.67. The van der Waals surface area contributed by atoms with Gasteiger partial charge in [-0.3, -0.25) is 0 Å². The Labute approximate surface area is 109 Å². The van der Waals surface area contributed by atoms with Crippen LogP contribution in [0.5, 0.6) is 11.5 Å². The first-order valence-electron chi connectivity index (χ1n) is 5.26. The van der Waals surface area contributed by atoms with Crippen molar-refractivity contribution in [3.8, 4) is 11.5 Å². The highest BCUT2D eigenvalue weighted by Crippen LogP contribution is 2.45. The van der Waals surface area contributed by atoms with Crippen molar-refractivity contribution in [2.75, 3.05) is 7.11 Å². The predicted octanol–water partition coefficient (Wildman–Crippen LogP) is 4.41. The zero-order chi connectivity index (χ0) is 12.6. The van der Waals surface area contributed by atoms with E-state index in [1.807, 2.05) is 6.92 Å². The van der Waals surface area contributed by atoms with Crippen LogP contribution in [0, 0.1) is 0 Å². The van der Waals surface area contributed by atoms with Crippen molar-refractivity contribution in [2.45, 2.75) is 19.8 Å². The van der Waals surface area contributed by atoms with Crippen LogP contribution in [0.15, 0.2) is 10.5 Å². The maximum absolute atomic E-state index is 10.0. The summed E-state index contributed by atoms with van der Waals surface area (Å²) in [5.74, 6) is 1.02. The number of halogens is 2. The lowest BCUT2D eigenvalue weighted by molar-refractivity contribution is 0.414. The van der Waals surface area contributed by atoms with Crippen LogP contribution in [0.25, 0.3) is 11.0 Å². The first-order chi connectivity index (χ1) is 8.10. The van der Waals surface area contributed by atoms with Gasteiger partial charge in [-0.15, -0.1) is 0 Å². The summed E-state index contributed by atoms with van der Waals surface area (Å²) < 4.78 is 10.6. The zero-order valence-electron chi connectivity index (χ0n) is 9.51. The summed E-state index contributed by atoms with van der Waals surface area (Å²) in [5, 5.41) is 11.0. The number of fused-ring (bicyclic) bond motifs is 1. The number of ether oxygens (including phenoxy) is 1. The lowest BCUT2D eigenvalue weighted by Crippen LogP contribution is -1.84.